The number of carbonyl (C=O) groups excluding carboxylic acids is 1. The summed E-state index contributed by atoms with van der Waals surface area (Å²) in [4.78, 5) is 15.1. The highest BCUT2D eigenvalue weighted by molar-refractivity contribution is 7.89. The van der Waals surface area contributed by atoms with Crippen molar-refractivity contribution in [3.8, 4) is 5.75 Å². The Balaban J connectivity index is 0.00000408. The normalized spacial score (nSPS) is 19.8. The maximum Gasteiger partial charge on any atom is 0.573 e. The quantitative estimate of drug-likeness (QED) is 0.556. The van der Waals surface area contributed by atoms with Crippen LogP contribution in [0.25, 0.3) is 0 Å². The number of carbonyl (C=O) groups is 1. The highest BCUT2D eigenvalue weighted by Crippen LogP contribution is 2.35. The Morgan fingerprint density at radius 1 is 1.09 bits per heavy atom. The maximum absolute atomic E-state index is 12.8. The van der Waals surface area contributed by atoms with Crippen molar-refractivity contribution in [1.82, 2.24) is 14.5 Å². The summed E-state index contributed by atoms with van der Waals surface area (Å²) in [7, 11) is -3.26. The van der Waals surface area contributed by atoms with E-state index in [1.54, 1.807) is 0 Å². The third-order valence-corrected chi connectivity index (χ3v) is 8.56. The molecule has 1 saturated carbocycles. The lowest BCUT2D eigenvalue weighted by molar-refractivity contribution is -0.274. The zero-order valence-electron chi connectivity index (χ0n) is 19.3. The largest absolute Gasteiger partial charge is 0.573 e. The number of nitrogens with zero attached hydrogens (tertiary/aromatic N) is 2. The van der Waals surface area contributed by atoms with Crippen molar-refractivity contribution in [3.05, 3.63) is 29.8 Å². The minimum Gasteiger partial charge on any atom is -0.405 e. The van der Waals surface area contributed by atoms with Crippen molar-refractivity contribution in [1.29, 1.82) is 0 Å². The molecular weight excluding hydrogens is 495 g/mol. The van der Waals surface area contributed by atoms with Crippen molar-refractivity contribution in [2.45, 2.75) is 57.3 Å². The Morgan fingerprint density at radius 3 is 2.29 bits per heavy atom. The number of piperazine rings is 1. The van der Waals surface area contributed by atoms with Gasteiger partial charge in [0.15, 0.2) is 0 Å². The molecule has 1 N–H and O–H groups in total. The average molecular weight is 528 g/mol. The molecule has 194 valence electrons. The van der Waals surface area contributed by atoms with Crippen molar-refractivity contribution in [2.24, 2.45) is 0 Å². The Morgan fingerprint density at radius 2 is 1.71 bits per heavy atom. The van der Waals surface area contributed by atoms with Crippen LogP contribution in [0.15, 0.2) is 24.3 Å². The van der Waals surface area contributed by atoms with Crippen LogP contribution in [0.5, 0.6) is 5.75 Å². The van der Waals surface area contributed by atoms with Crippen LogP contribution < -0.4 is 10.1 Å². The number of hydrogen-bond acceptors (Lipinski definition) is 5. The van der Waals surface area contributed by atoms with Crippen LogP contribution in [0.3, 0.4) is 0 Å². The highest BCUT2D eigenvalue weighted by atomic mass is 35.5. The molecule has 1 aromatic rings. The fourth-order valence-electron chi connectivity index (χ4n) is 4.85. The van der Waals surface area contributed by atoms with E-state index in [0.29, 0.717) is 32.6 Å². The van der Waals surface area contributed by atoms with E-state index in [1.165, 1.54) is 22.5 Å². The van der Waals surface area contributed by atoms with Gasteiger partial charge in [0.25, 0.3) is 5.91 Å². The number of para-hydroxylation sites is 1. The first-order valence-electron chi connectivity index (χ1n) is 11.4. The lowest BCUT2D eigenvalue weighted by Gasteiger charge is -2.49. The van der Waals surface area contributed by atoms with Crippen molar-refractivity contribution in [3.63, 3.8) is 0 Å². The number of sulfonamides is 1. The van der Waals surface area contributed by atoms with Gasteiger partial charge in [-0.15, -0.1) is 25.6 Å². The summed E-state index contributed by atoms with van der Waals surface area (Å²) in [5, 5.41) is 2.83. The fourth-order valence-corrected chi connectivity index (χ4v) is 6.34. The van der Waals surface area contributed by atoms with Gasteiger partial charge >= 0.3 is 6.36 Å². The number of benzene rings is 1. The van der Waals surface area contributed by atoms with Gasteiger partial charge in [0.05, 0.1) is 11.3 Å². The molecule has 1 aliphatic heterocycles. The van der Waals surface area contributed by atoms with Gasteiger partial charge in [-0.1, -0.05) is 38.3 Å². The summed E-state index contributed by atoms with van der Waals surface area (Å²) in [5.74, 6) is -1.02. The lowest BCUT2D eigenvalue weighted by atomic mass is 9.79. The number of alkyl halides is 3. The minimum atomic E-state index is -4.89. The summed E-state index contributed by atoms with van der Waals surface area (Å²) >= 11 is 0. The molecule has 1 heterocycles. The highest BCUT2D eigenvalue weighted by Gasteiger charge is 2.41. The number of rotatable bonds is 8. The average Bonchev–Trinajstić information content (AvgIpc) is 2.77. The molecule has 0 bridgehead atoms. The van der Waals surface area contributed by atoms with Crippen LogP contribution in [0, 0.1) is 0 Å². The summed E-state index contributed by atoms with van der Waals surface area (Å²) in [6.45, 7) is 4.05. The van der Waals surface area contributed by atoms with Crippen LogP contribution in [0.1, 0.15) is 55.8 Å². The molecule has 0 radical (unpaired) electrons. The topological polar surface area (TPSA) is 79.0 Å². The van der Waals surface area contributed by atoms with E-state index >= 15 is 0 Å². The molecule has 0 unspecified atom stereocenters. The van der Waals surface area contributed by atoms with Crippen LogP contribution in [-0.4, -0.2) is 73.9 Å². The van der Waals surface area contributed by atoms with Gasteiger partial charge in [-0.25, -0.2) is 8.42 Å². The second-order valence-corrected chi connectivity index (χ2v) is 10.8. The first kappa shape index (κ1) is 28.7. The molecule has 7 nitrogen and oxygen atoms in total. The minimum absolute atomic E-state index is 0. The summed E-state index contributed by atoms with van der Waals surface area (Å²) in [5.41, 5.74) is -0.509. The molecule has 1 aromatic carbocycles. The molecule has 2 aliphatic rings. The van der Waals surface area contributed by atoms with Gasteiger partial charge < -0.3 is 10.1 Å². The third-order valence-electron chi connectivity index (χ3n) is 6.48. The Labute approximate surface area is 205 Å². The molecule has 1 aliphatic carbocycles. The molecule has 0 atom stereocenters. The number of hydrogen-bond donors (Lipinski definition) is 1. The van der Waals surface area contributed by atoms with Crippen LogP contribution in [-0.2, 0) is 10.0 Å². The van der Waals surface area contributed by atoms with Crippen LogP contribution >= 0.6 is 12.4 Å². The van der Waals surface area contributed by atoms with Gasteiger partial charge in [0.2, 0.25) is 10.0 Å². The van der Waals surface area contributed by atoms with E-state index in [1.807, 2.05) is 6.92 Å². The summed E-state index contributed by atoms with van der Waals surface area (Å²) in [6, 6.07) is 5.30. The molecule has 3 rings (SSSR count). The number of halogens is 4. The van der Waals surface area contributed by atoms with Crippen LogP contribution in [0.2, 0.25) is 0 Å². The number of amides is 1. The van der Waals surface area contributed by atoms with Crippen molar-refractivity contribution < 1.29 is 31.1 Å². The second kappa shape index (κ2) is 11.9. The standard InChI is InChI=1S/C22H32F3N3O4S.ClH/c1-2-16-33(30,31)28-14-12-27(13-15-28)21(10-6-3-7-11-21)17-26-20(29)18-8-4-5-9-19(18)32-22(23,24)25;/h4-5,8-9H,2-3,6-7,10-17H2,1H3,(H,26,29);1H. The van der Waals surface area contributed by atoms with Gasteiger partial charge in [0.1, 0.15) is 5.75 Å². The number of ether oxygens (including phenoxy) is 1. The van der Waals surface area contributed by atoms with E-state index < -0.39 is 28.0 Å². The maximum atomic E-state index is 12.8. The molecule has 0 aromatic heterocycles. The predicted octanol–water partition coefficient (Wildman–Crippen LogP) is 3.80. The molecule has 2 fully saturated rings. The second-order valence-electron chi connectivity index (χ2n) is 8.71. The Hall–Kier alpha value is -1.56. The van der Waals surface area contributed by atoms with Gasteiger partial charge in [0, 0.05) is 38.3 Å². The summed E-state index contributed by atoms with van der Waals surface area (Å²) < 4.78 is 68.5. The van der Waals surface area contributed by atoms with Crippen LogP contribution in [0.4, 0.5) is 13.2 Å². The lowest BCUT2D eigenvalue weighted by Crippen LogP contribution is -2.62. The van der Waals surface area contributed by atoms with E-state index in [9.17, 15) is 26.4 Å². The Kier molecular flexibility index (Phi) is 10.1. The molecular formula is C22H33ClF3N3O4S. The van der Waals surface area contributed by atoms with E-state index in [2.05, 4.69) is 15.0 Å². The fraction of sp³-hybridized carbons (Fsp3) is 0.682. The van der Waals surface area contributed by atoms with E-state index in [0.717, 1.165) is 38.2 Å². The molecule has 1 amide bonds. The summed E-state index contributed by atoms with van der Waals surface area (Å²) in [6.07, 6.45) is 0.418. The smallest absolute Gasteiger partial charge is 0.405 e. The van der Waals surface area contributed by atoms with Crippen molar-refractivity contribution in [2.75, 3.05) is 38.5 Å². The SMILES string of the molecule is CCCS(=O)(=O)N1CCN(C2(CNC(=O)c3ccccc3OC(F)(F)F)CCCCC2)CC1.Cl. The Bertz CT molecular complexity index is 916. The van der Waals surface area contributed by atoms with E-state index in [4.69, 9.17) is 0 Å². The third kappa shape index (κ3) is 7.22. The zero-order valence-corrected chi connectivity index (χ0v) is 20.9. The van der Waals surface area contributed by atoms with Crippen molar-refractivity contribution >= 4 is 28.3 Å². The molecule has 12 heteroatoms. The monoisotopic (exact) mass is 527 g/mol. The predicted molar refractivity (Wildman–Crippen MR) is 126 cm³/mol. The zero-order chi connectivity index (χ0) is 24.1. The number of nitrogens with one attached hydrogen (secondary N) is 1. The molecule has 0 spiro atoms. The van der Waals surface area contributed by atoms with Gasteiger partial charge in [-0.2, -0.15) is 4.31 Å². The first-order valence-corrected chi connectivity index (χ1v) is 13.0. The van der Waals surface area contributed by atoms with E-state index in [-0.39, 0.29) is 35.8 Å². The molecule has 34 heavy (non-hydrogen) atoms. The molecule has 1 saturated heterocycles. The van der Waals surface area contributed by atoms with Gasteiger partial charge in [-0.3, -0.25) is 9.69 Å². The van der Waals surface area contributed by atoms with Gasteiger partial charge in [-0.05, 0) is 31.4 Å². The first-order chi connectivity index (χ1) is 15.6.